The molecule has 0 radical (unpaired) electrons. The van der Waals surface area contributed by atoms with Crippen molar-refractivity contribution in [1.29, 1.82) is 0 Å². The fourth-order valence-corrected chi connectivity index (χ4v) is 2.40. The maximum absolute atomic E-state index is 13.6. The molecule has 0 amide bonds. The van der Waals surface area contributed by atoms with Gasteiger partial charge in [-0.1, -0.05) is 6.07 Å². The number of halogens is 2. The maximum Gasteiger partial charge on any atom is 0.178 e. The molecule has 0 atom stereocenters. The van der Waals surface area contributed by atoms with Gasteiger partial charge in [-0.25, -0.2) is 17.2 Å². The molecule has 0 aliphatic heterocycles. The van der Waals surface area contributed by atoms with Crippen LogP contribution in [-0.4, -0.2) is 25.4 Å². The van der Waals surface area contributed by atoms with Crippen molar-refractivity contribution in [3.8, 4) is 0 Å². The Bertz CT molecular complexity index is 562. The van der Waals surface area contributed by atoms with Crippen LogP contribution in [0.3, 0.4) is 0 Å². The van der Waals surface area contributed by atoms with Crippen LogP contribution in [0.4, 0.5) is 8.78 Å². The summed E-state index contributed by atoms with van der Waals surface area (Å²) < 4.78 is 49.4. The van der Waals surface area contributed by atoms with Crippen LogP contribution in [-0.2, 0) is 16.3 Å². The summed E-state index contributed by atoms with van der Waals surface area (Å²) in [6, 6.07) is 2.25. The van der Waals surface area contributed by atoms with Crippen molar-refractivity contribution in [3.05, 3.63) is 29.3 Å². The third kappa shape index (κ3) is 2.47. The Hall–Kier alpha value is -1.01. The van der Waals surface area contributed by atoms with Crippen LogP contribution in [0.25, 0.3) is 0 Å². The zero-order valence-electron chi connectivity index (χ0n) is 9.20. The fourth-order valence-electron chi connectivity index (χ4n) is 1.67. The largest absolute Gasteiger partial charge is 0.390 e. The van der Waals surface area contributed by atoms with Gasteiger partial charge in [-0.15, -0.1) is 0 Å². The minimum atomic E-state index is -3.78. The van der Waals surface area contributed by atoms with E-state index in [9.17, 15) is 22.3 Å². The van der Waals surface area contributed by atoms with Gasteiger partial charge in [0, 0.05) is 12.7 Å². The Morgan fingerprint density at radius 2 is 1.88 bits per heavy atom. The summed E-state index contributed by atoms with van der Waals surface area (Å²) in [5.74, 6) is -2.55. The van der Waals surface area contributed by atoms with Crippen molar-refractivity contribution in [2.45, 2.75) is 29.8 Å². The lowest BCUT2D eigenvalue weighted by atomic mass is 10.1. The normalized spacial score (nSPS) is 18.1. The molecule has 0 heterocycles. The van der Waals surface area contributed by atoms with E-state index in [4.69, 9.17) is 0 Å². The average Bonchev–Trinajstić information content (AvgIpc) is 2.90. The predicted octanol–water partition coefficient (Wildman–Crippen LogP) is 1.44. The number of rotatable bonds is 3. The van der Waals surface area contributed by atoms with Crippen molar-refractivity contribution < 1.29 is 22.3 Å². The molecule has 1 N–H and O–H groups in total. The molecule has 0 bridgehead atoms. The number of sulfone groups is 1. The van der Waals surface area contributed by atoms with E-state index in [2.05, 4.69) is 0 Å². The fraction of sp³-hybridized carbons (Fsp3) is 0.455. The minimum Gasteiger partial charge on any atom is -0.390 e. The minimum absolute atomic E-state index is 0.00917. The second-order valence-corrected chi connectivity index (χ2v) is 6.51. The third-order valence-corrected chi connectivity index (χ3v) is 3.99. The van der Waals surface area contributed by atoms with Crippen LogP contribution >= 0.6 is 0 Å². The van der Waals surface area contributed by atoms with Gasteiger partial charge in [0.15, 0.2) is 21.5 Å². The van der Waals surface area contributed by atoms with E-state index in [1.807, 2.05) is 0 Å². The molecular weight excluding hydrogens is 250 g/mol. The summed E-state index contributed by atoms with van der Waals surface area (Å²) in [5, 5.41) is 9.62. The molecule has 2 rings (SSSR count). The average molecular weight is 262 g/mol. The lowest BCUT2D eigenvalue weighted by Crippen LogP contribution is -2.14. The van der Waals surface area contributed by atoms with Crippen LogP contribution in [0.5, 0.6) is 0 Å². The highest BCUT2D eigenvalue weighted by molar-refractivity contribution is 7.90. The smallest absolute Gasteiger partial charge is 0.178 e. The van der Waals surface area contributed by atoms with Crippen molar-refractivity contribution >= 4 is 9.84 Å². The zero-order chi connectivity index (χ0) is 12.8. The van der Waals surface area contributed by atoms with Crippen LogP contribution < -0.4 is 0 Å². The third-order valence-electron chi connectivity index (χ3n) is 2.87. The molecule has 0 saturated heterocycles. The van der Waals surface area contributed by atoms with Gasteiger partial charge in [0.1, 0.15) is 4.90 Å². The summed E-state index contributed by atoms with van der Waals surface area (Å²) in [6.45, 7) is 0. The monoisotopic (exact) mass is 262 g/mol. The number of benzene rings is 1. The van der Waals surface area contributed by atoms with Gasteiger partial charge < -0.3 is 5.11 Å². The SMILES string of the molecule is CS(=O)(=O)c1ccc(CC2(O)CC2)c(F)c1F. The molecule has 1 aromatic carbocycles. The van der Waals surface area contributed by atoms with Crippen molar-refractivity contribution in [2.75, 3.05) is 6.26 Å². The molecule has 0 aromatic heterocycles. The van der Waals surface area contributed by atoms with Gasteiger partial charge in [-0.2, -0.15) is 0 Å². The van der Waals surface area contributed by atoms with Gasteiger partial charge >= 0.3 is 0 Å². The molecule has 17 heavy (non-hydrogen) atoms. The molecule has 1 aliphatic carbocycles. The second kappa shape index (κ2) is 3.74. The molecule has 1 saturated carbocycles. The van der Waals surface area contributed by atoms with Gasteiger partial charge in [-0.3, -0.25) is 0 Å². The van der Waals surface area contributed by atoms with Crippen LogP contribution in [0.15, 0.2) is 17.0 Å². The topological polar surface area (TPSA) is 54.4 Å². The zero-order valence-corrected chi connectivity index (χ0v) is 10.0. The summed E-state index contributed by atoms with van der Waals surface area (Å²) in [7, 11) is -3.78. The van der Waals surface area contributed by atoms with Gasteiger partial charge in [-0.05, 0) is 24.5 Å². The highest BCUT2D eigenvalue weighted by atomic mass is 32.2. The van der Waals surface area contributed by atoms with Crippen molar-refractivity contribution in [1.82, 2.24) is 0 Å². The molecule has 6 heteroatoms. The summed E-state index contributed by atoms with van der Waals surface area (Å²) in [4.78, 5) is -0.651. The van der Waals surface area contributed by atoms with Gasteiger partial charge in [0.05, 0.1) is 5.60 Å². The van der Waals surface area contributed by atoms with Crippen LogP contribution in [0.2, 0.25) is 0 Å². The van der Waals surface area contributed by atoms with Gasteiger partial charge in [0.2, 0.25) is 0 Å². The van der Waals surface area contributed by atoms with E-state index in [0.717, 1.165) is 12.3 Å². The molecular formula is C11H12F2O3S. The Kier molecular flexibility index (Phi) is 2.74. The van der Waals surface area contributed by atoms with E-state index in [1.165, 1.54) is 6.07 Å². The molecule has 3 nitrogen and oxygen atoms in total. The molecule has 1 aliphatic rings. The molecule has 94 valence electrons. The van der Waals surface area contributed by atoms with E-state index >= 15 is 0 Å². The Balaban J connectivity index is 2.42. The number of aliphatic hydroxyl groups is 1. The molecule has 1 aromatic rings. The Morgan fingerprint density at radius 1 is 1.29 bits per heavy atom. The lowest BCUT2D eigenvalue weighted by Gasteiger charge is -2.10. The highest BCUT2D eigenvalue weighted by Crippen LogP contribution is 2.39. The van der Waals surface area contributed by atoms with Crippen LogP contribution in [0, 0.1) is 11.6 Å². The first-order valence-electron chi connectivity index (χ1n) is 5.12. The number of hydrogen-bond donors (Lipinski definition) is 1. The molecule has 1 fully saturated rings. The van der Waals surface area contributed by atoms with Gasteiger partial charge in [0.25, 0.3) is 0 Å². The molecule has 0 unspecified atom stereocenters. The predicted molar refractivity (Wildman–Crippen MR) is 57.4 cm³/mol. The van der Waals surface area contributed by atoms with E-state index in [1.54, 1.807) is 0 Å². The Morgan fingerprint density at radius 3 is 2.35 bits per heavy atom. The first-order valence-corrected chi connectivity index (χ1v) is 7.01. The van der Waals surface area contributed by atoms with E-state index in [0.29, 0.717) is 12.8 Å². The standard InChI is InChI=1S/C11H12F2O3S/c1-17(15,16)8-3-2-7(9(12)10(8)13)6-11(14)4-5-11/h2-3,14H,4-6H2,1H3. The Labute approximate surface area is 98.0 Å². The second-order valence-electron chi connectivity index (χ2n) is 4.52. The quantitative estimate of drug-likeness (QED) is 0.896. The lowest BCUT2D eigenvalue weighted by molar-refractivity contribution is 0.149. The van der Waals surface area contributed by atoms with Crippen LogP contribution in [0.1, 0.15) is 18.4 Å². The van der Waals surface area contributed by atoms with Crippen molar-refractivity contribution in [3.63, 3.8) is 0 Å². The summed E-state index contributed by atoms with van der Waals surface area (Å²) in [5.41, 5.74) is -0.935. The van der Waals surface area contributed by atoms with E-state index < -0.39 is 32.0 Å². The maximum atomic E-state index is 13.6. The highest BCUT2D eigenvalue weighted by Gasteiger charge is 2.41. The van der Waals surface area contributed by atoms with E-state index in [-0.39, 0.29) is 12.0 Å². The number of hydrogen-bond acceptors (Lipinski definition) is 3. The first kappa shape index (κ1) is 12.4. The molecule has 0 spiro atoms. The van der Waals surface area contributed by atoms with Crippen molar-refractivity contribution in [2.24, 2.45) is 0 Å². The first-order chi connectivity index (χ1) is 7.73. The summed E-state index contributed by atoms with van der Waals surface area (Å²) >= 11 is 0. The summed E-state index contributed by atoms with van der Waals surface area (Å²) in [6.07, 6.45) is 1.95.